The lowest BCUT2D eigenvalue weighted by Gasteiger charge is -2.08. The Bertz CT molecular complexity index is 643. The van der Waals surface area contributed by atoms with E-state index in [1.54, 1.807) is 19.1 Å². The van der Waals surface area contributed by atoms with Crippen LogP contribution in [0.2, 0.25) is 0 Å². The van der Waals surface area contributed by atoms with Crippen LogP contribution >= 0.6 is 15.9 Å². The molecule has 0 saturated carbocycles. The molecule has 0 bridgehead atoms. The number of hydrogen-bond acceptors (Lipinski definition) is 2. The van der Waals surface area contributed by atoms with Gasteiger partial charge in [-0.25, -0.2) is 4.39 Å². The number of halogens is 2. The molecule has 2 aromatic carbocycles. The van der Waals surface area contributed by atoms with Crippen molar-refractivity contribution in [1.29, 1.82) is 0 Å². The minimum Gasteiger partial charge on any atom is -0.508 e. The van der Waals surface area contributed by atoms with Crippen LogP contribution in [0.3, 0.4) is 0 Å². The first kappa shape index (κ1) is 13.5. The van der Waals surface area contributed by atoms with E-state index in [4.69, 9.17) is 0 Å². The lowest BCUT2D eigenvalue weighted by Crippen LogP contribution is -2.12. The first-order valence-corrected chi connectivity index (χ1v) is 6.32. The number of aromatic hydroxyl groups is 1. The van der Waals surface area contributed by atoms with Gasteiger partial charge in [0.1, 0.15) is 11.6 Å². The third-order valence-corrected chi connectivity index (χ3v) is 3.29. The van der Waals surface area contributed by atoms with Gasteiger partial charge in [-0.2, -0.15) is 0 Å². The van der Waals surface area contributed by atoms with Gasteiger partial charge < -0.3 is 10.4 Å². The molecule has 0 aliphatic rings. The van der Waals surface area contributed by atoms with Crippen molar-refractivity contribution in [2.45, 2.75) is 6.92 Å². The van der Waals surface area contributed by atoms with Gasteiger partial charge in [-0.05, 0) is 64.8 Å². The van der Waals surface area contributed by atoms with Crippen LogP contribution in [0.15, 0.2) is 40.9 Å². The molecule has 0 unspecified atom stereocenters. The Hall–Kier alpha value is -1.88. The van der Waals surface area contributed by atoms with E-state index in [-0.39, 0.29) is 11.7 Å². The molecule has 2 rings (SSSR count). The van der Waals surface area contributed by atoms with Gasteiger partial charge in [-0.3, -0.25) is 4.79 Å². The maximum absolute atomic E-state index is 12.9. The lowest BCUT2D eigenvalue weighted by molar-refractivity contribution is 0.102. The van der Waals surface area contributed by atoms with Crippen LogP contribution in [0.5, 0.6) is 5.75 Å². The number of phenols is 1. The topological polar surface area (TPSA) is 49.3 Å². The maximum atomic E-state index is 12.9. The Morgan fingerprint density at radius 1 is 1.26 bits per heavy atom. The summed E-state index contributed by atoms with van der Waals surface area (Å²) < 4.78 is 13.3. The molecule has 0 fully saturated rings. The Kier molecular flexibility index (Phi) is 3.85. The van der Waals surface area contributed by atoms with E-state index in [0.717, 1.165) is 0 Å². The number of rotatable bonds is 2. The van der Waals surface area contributed by atoms with Crippen LogP contribution in [0.4, 0.5) is 10.1 Å². The summed E-state index contributed by atoms with van der Waals surface area (Å²) in [5.41, 5.74) is 1.57. The smallest absolute Gasteiger partial charge is 0.256 e. The van der Waals surface area contributed by atoms with Crippen molar-refractivity contribution in [2.24, 2.45) is 0 Å². The van der Waals surface area contributed by atoms with Crippen LogP contribution in [0.1, 0.15) is 15.9 Å². The van der Waals surface area contributed by atoms with Crippen molar-refractivity contribution < 1.29 is 14.3 Å². The fourth-order valence-corrected chi connectivity index (χ4v) is 2.14. The van der Waals surface area contributed by atoms with Crippen molar-refractivity contribution in [3.8, 4) is 5.75 Å². The van der Waals surface area contributed by atoms with Crippen molar-refractivity contribution in [3.63, 3.8) is 0 Å². The van der Waals surface area contributed by atoms with Crippen LogP contribution in [0, 0.1) is 12.7 Å². The zero-order chi connectivity index (χ0) is 14.0. The first-order valence-electron chi connectivity index (χ1n) is 5.53. The number of amides is 1. The van der Waals surface area contributed by atoms with Crippen LogP contribution < -0.4 is 5.32 Å². The average molecular weight is 324 g/mol. The predicted molar refractivity (Wildman–Crippen MR) is 74.9 cm³/mol. The largest absolute Gasteiger partial charge is 0.508 e. The van der Waals surface area contributed by atoms with Gasteiger partial charge in [-0.15, -0.1) is 0 Å². The molecular weight excluding hydrogens is 313 g/mol. The molecule has 0 heterocycles. The second-order valence-electron chi connectivity index (χ2n) is 4.08. The summed E-state index contributed by atoms with van der Waals surface area (Å²) in [6.45, 7) is 1.73. The number of phenolic OH excluding ortho intramolecular Hbond substituents is 1. The zero-order valence-corrected chi connectivity index (χ0v) is 11.7. The molecule has 5 heteroatoms. The fourth-order valence-electron chi connectivity index (χ4n) is 1.61. The first-order chi connectivity index (χ1) is 8.97. The molecule has 2 aromatic rings. The number of aryl methyl sites for hydroxylation is 1. The number of carbonyl (C=O) groups excluding carboxylic acids is 1. The third kappa shape index (κ3) is 3.12. The van der Waals surface area contributed by atoms with Crippen LogP contribution in [-0.4, -0.2) is 11.0 Å². The van der Waals surface area contributed by atoms with E-state index >= 15 is 0 Å². The Morgan fingerprint density at radius 2 is 2.00 bits per heavy atom. The highest BCUT2D eigenvalue weighted by Gasteiger charge is 2.11. The van der Waals surface area contributed by atoms with E-state index in [2.05, 4.69) is 21.2 Å². The lowest BCUT2D eigenvalue weighted by atomic mass is 10.1. The minimum absolute atomic E-state index is 0.168. The summed E-state index contributed by atoms with van der Waals surface area (Å²) in [4.78, 5) is 12.0. The van der Waals surface area contributed by atoms with Crippen LogP contribution in [-0.2, 0) is 0 Å². The fraction of sp³-hybridized carbons (Fsp3) is 0.0714. The second kappa shape index (κ2) is 5.40. The third-order valence-electron chi connectivity index (χ3n) is 2.63. The number of nitrogens with one attached hydrogen (secondary N) is 1. The van der Waals surface area contributed by atoms with E-state index in [9.17, 15) is 14.3 Å². The maximum Gasteiger partial charge on any atom is 0.256 e. The summed E-state index contributed by atoms with van der Waals surface area (Å²) in [7, 11) is 0. The SMILES string of the molecule is Cc1cc(NC(=O)c2ccc(F)cc2Br)ccc1O. The van der Waals surface area contributed by atoms with E-state index in [1.807, 2.05) is 0 Å². The molecule has 0 atom stereocenters. The van der Waals surface area contributed by atoms with Gasteiger partial charge >= 0.3 is 0 Å². The van der Waals surface area contributed by atoms with Crippen molar-refractivity contribution in [1.82, 2.24) is 0 Å². The minimum atomic E-state index is -0.413. The van der Waals surface area contributed by atoms with E-state index in [1.165, 1.54) is 24.3 Å². The highest BCUT2D eigenvalue weighted by atomic mass is 79.9. The molecule has 0 aliphatic heterocycles. The van der Waals surface area contributed by atoms with Gasteiger partial charge in [0.05, 0.1) is 5.56 Å². The van der Waals surface area contributed by atoms with Crippen molar-refractivity contribution >= 4 is 27.5 Å². The normalized spacial score (nSPS) is 10.3. The summed E-state index contributed by atoms with van der Waals surface area (Å²) in [6.07, 6.45) is 0. The monoisotopic (exact) mass is 323 g/mol. The summed E-state index contributed by atoms with van der Waals surface area (Å²) in [6, 6.07) is 8.62. The molecule has 2 N–H and O–H groups in total. The molecule has 3 nitrogen and oxygen atoms in total. The molecule has 0 aliphatic carbocycles. The standard InChI is InChI=1S/C14H11BrFNO2/c1-8-6-10(3-5-13(8)18)17-14(19)11-4-2-9(16)7-12(11)15/h2-7,18H,1H3,(H,17,19). The highest BCUT2D eigenvalue weighted by Crippen LogP contribution is 2.22. The molecule has 0 saturated heterocycles. The van der Waals surface area contributed by atoms with Crippen LogP contribution in [0.25, 0.3) is 0 Å². The van der Waals surface area contributed by atoms with Crippen molar-refractivity contribution in [3.05, 3.63) is 57.8 Å². The highest BCUT2D eigenvalue weighted by molar-refractivity contribution is 9.10. The van der Waals surface area contributed by atoms with Gasteiger partial charge in [0, 0.05) is 10.2 Å². The zero-order valence-electron chi connectivity index (χ0n) is 10.1. The van der Waals surface area contributed by atoms with Gasteiger partial charge in [0.25, 0.3) is 5.91 Å². The molecule has 0 radical (unpaired) electrons. The summed E-state index contributed by atoms with van der Waals surface area (Å²) in [5.74, 6) is -0.596. The van der Waals surface area contributed by atoms with Gasteiger partial charge in [0.15, 0.2) is 0 Å². The summed E-state index contributed by atoms with van der Waals surface area (Å²) >= 11 is 3.15. The Balaban J connectivity index is 2.23. The van der Waals surface area contributed by atoms with Gasteiger partial charge in [-0.1, -0.05) is 0 Å². The number of benzene rings is 2. The Labute approximate surface area is 118 Å². The molecular formula is C14H11BrFNO2. The number of hydrogen-bond donors (Lipinski definition) is 2. The Morgan fingerprint density at radius 3 is 2.63 bits per heavy atom. The molecule has 98 valence electrons. The van der Waals surface area contributed by atoms with Gasteiger partial charge in [0.2, 0.25) is 0 Å². The number of carbonyl (C=O) groups is 1. The average Bonchev–Trinajstić information content (AvgIpc) is 2.33. The van der Waals surface area contributed by atoms with Crippen molar-refractivity contribution in [2.75, 3.05) is 5.32 Å². The molecule has 19 heavy (non-hydrogen) atoms. The quantitative estimate of drug-likeness (QED) is 0.824. The van der Waals surface area contributed by atoms with E-state index < -0.39 is 5.82 Å². The summed E-state index contributed by atoms with van der Waals surface area (Å²) in [5, 5.41) is 12.1. The second-order valence-corrected chi connectivity index (χ2v) is 4.93. The number of anilines is 1. The molecule has 0 aromatic heterocycles. The molecule has 1 amide bonds. The van der Waals surface area contributed by atoms with E-state index in [0.29, 0.717) is 21.3 Å². The predicted octanol–water partition coefficient (Wildman–Crippen LogP) is 3.85. The molecule has 0 spiro atoms.